The van der Waals surface area contributed by atoms with Gasteiger partial charge in [0.2, 0.25) is 5.91 Å². The number of carbonyl (C=O) groups is 1. The summed E-state index contributed by atoms with van der Waals surface area (Å²) in [5.74, 6) is 0.540. The number of amides is 1. The van der Waals surface area contributed by atoms with Crippen LogP contribution in [0, 0.1) is 11.3 Å². The van der Waals surface area contributed by atoms with Gasteiger partial charge >= 0.3 is 0 Å². The molecule has 0 aliphatic carbocycles. The molecule has 3 rings (SSSR count). The number of nitriles is 1. The second-order valence-electron chi connectivity index (χ2n) is 7.28. The lowest BCUT2D eigenvalue weighted by Crippen LogP contribution is -2.55. The van der Waals surface area contributed by atoms with Gasteiger partial charge in [-0.05, 0) is 38.5 Å². The third-order valence-corrected chi connectivity index (χ3v) is 5.38. The molecule has 1 aromatic rings. The van der Waals surface area contributed by atoms with Crippen LogP contribution in [0.5, 0.6) is 5.75 Å². The van der Waals surface area contributed by atoms with E-state index in [9.17, 15) is 24.4 Å². The predicted octanol–water partition coefficient (Wildman–Crippen LogP) is 0.623. The minimum Gasteiger partial charge on any atom is -0.790 e. The van der Waals surface area contributed by atoms with Gasteiger partial charge in [-0.25, -0.2) is 0 Å². The smallest absolute Gasteiger partial charge is 0.223 e. The van der Waals surface area contributed by atoms with Gasteiger partial charge in [-0.15, -0.1) is 0 Å². The number of hydrogen-bond donors (Lipinski definition) is 0. The molecule has 0 radical (unpaired) electrons. The van der Waals surface area contributed by atoms with Gasteiger partial charge in [-0.1, -0.05) is 0 Å². The maximum absolute atomic E-state index is 12.5. The Morgan fingerprint density at radius 1 is 1.39 bits per heavy atom. The van der Waals surface area contributed by atoms with Gasteiger partial charge in [0.25, 0.3) is 0 Å². The molecule has 2 aliphatic rings. The standard InChI is InChI=1S/C18H23N2O7P/c1-18(2)17(25-8-9-26-28(22,23)24)16(20-7-3-4-15(20)21)13-10-12(11-19)5-6-14(13)27-18/h5-6,10,16-17H,3-4,7-9H2,1-2H3,(H2,22,23,24)/p-2. The van der Waals surface area contributed by atoms with Gasteiger partial charge in [0, 0.05) is 18.5 Å². The Balaban J connectivity index is 1.93. The van der Waals surface area contributed by atoms with Crippen molar-refractivity contribution in [3.63, 3.8) is 0 Å². The van der Waals surface area contributed by atoms with E-state index in [0.29, 0.717) is 29.8 Å². The molecule has 2 atom stereocenters. The van der Waals surface area contributed by atoms with Crippen LogP contribution in [0.2, 0.25) is 0 Å². The number of phosphoric acid groups is 1. The molecular weight excluding hydrogens is 387 g/mol. The quantitative estimate of drug-likeness (QED) is 0.494. The second kappa shape index (κ2) is 7.82. The van der Waals surface area contributed by atoms with Crippen molar-refractivity contribution >= 4 is 13.7 Å². The summed E-state index contributed by atoms with van der Waals surface area (Å²) in [6.45, 7) is 3.56. The zero-order valence-electron chi connectivity index (χ0n) is 15.6. The zero-order chi connectivity index (χ0) is 20.5. The van der Waals surface area contributed by atoms with Crippen molar-refractivity contribution < 1.29 is 33.1 Å². The highest BCUT2D eigenvalue weighted by Gasteiger charge is 2.49. The van der Waals surface area contributed by atoms with E-state index in [-0.39, 0.29) is 12.5 Å². The summed E-state index contributed by atoms with van der Waals surface area (Å²) in [6.07, 6.45) is 0.489. The zero-order valence-corrected chi connectivity index (χ0v) is 16.5. The number of likely N-dealkylation sites (tertiary alicyclic amines) is 1. The molecule has 1 aromatic carbocycles. The summed E-state index contributed by atoms with van der Waals surface area (Å²) in [5, 5.41) is 9.26. The summed E-state index contributed by atoms with van der Waals surface area (Å²) in [7, 11) is -5.09. The summed E-state index contributed by atoms with van der Waals surface area (Å²) in [6, 6.07) is 6.60. The van der Waals surface area contributed by atoms with Crippen molar-refractivity contribution in [1.29, 1.82) is 5.26 Å². The fraction of sp³-hybridized carbons (Fsp3) is 0.556. The Kier molecular flexibility index (Phi) is 5.80. The van der Waals surface area contributed by atoms with E-state index in [1.165, 1.54) is 0 Å². The SMILES string of the molecule is CC1(C)Oc2ccc(C#N)cc2C(N2CCCC2=O)C1OCCOP(=O)([O-])[O-]. The first-order chi connectivity index (χ1) is 13.1. The molecule has 1 saturated heterocycles. The van der Waals surface area contributed by atoms with Gasteiger partial charge in [-0.3, -0.25) is 4.79 Å². The second-order valence-corrected chi connectivity index (χ2v) is 8.43. The van der Waals surface area contributed by atoms with Crippen molar-refractivity contribution in [3.05, 3.63) is 29.3 Å². The third-order valence-electron chi connectivity index (χ3n) is 4.88. The van der Waals surface area contributed by atoms with E-state index in [0.717, 1.165) is 6.42 Å². The Morgan fingerprint density at radius 2 is 2.14 bits per heavy atom. The highest BCUT2D eigenvalue weighted by molar-refractivity contribution is 7.43. The molecular formula is C18H21N2O7P-2. The maximum atomic E-state index is 12.5. The van der Waals surface area contributed by atoms with Crippen LogP contribution in [0.1, 0.15) is 43.9 Å². The molecule has 0 aromatic heterocycles. The van der Waals surface area contributed by atoms with Crippen molar-refractivity contribution in [2.45, 2.75) is 44.4 Å². The molecule has 28 heavy (non-hydrogen) atoms. The summed E-state index contributed by atoms with van der Waals surface area (Å²) in [4.78, 5) is 35.5. The Hall–Kier alpha value is -1.95. The average molecular weight is 408 g/mol. The van der Waals surface area contributed by atoms with Gasteiger partial charge in [0.15, 0.2) is 0 Å². The van der Waals surface area contributed by atoms with E-state index in [1.54, 1.807) is 36.9 Å². The molecule has 10 heteroatoms. The van der Waals surface area contributed by atoms with E-state index in [4.69, 9.17) is 9.47 Å². The van der Waals surface area contributed by atoms with Crippen LogP contribution in [0.15, 0.2) is 18.2 Å². The number of ether oxygens (including phenoxy) is 2. The van der Waals surface area contributed by atoms with Crippen LogP contribution >= 0.6 is 7.82 Å². The van der Waals surface area contributed by atoms with Gasteiger partial charge in [-0.2, -0.15) is 5.26 Å². The molecule has 0 N–H and O–H groups in total. The molecule has 0 spiro atoms. The molecule has 2 unspecified atom stereocenters. The summed E-state index contributed by atoms with van der Waals surface area (Å²) < 4.78 is 26.8. The Bertz CT molecular complexity index is 845. The Labute approximate surface area is 163 Å². The van der Waals surface area contributed by atoms with Gasteiger partial charge in [0.1, 0.15) is 17.5 Å². The maximum Gasteiger partial charge on any atom is 0.223 e. The van der Waals surface area contributed by atoms with E-state index < -0.39 is 32.2 Å². The molecule has 2 aliphatic heterocycles. The van der Waals surface area contributed by atoms with Crippen LogP contribution in [0.4, 0.5) is 0 Å². The lowest BCUT2D eigenvalue weighted by atomic mass is 9.84. The minimum absolute atomic E-state index is 0.0236. The number of hydrogen-bond acceptors (Lipinski definition) is 8. The molecule has 0 saturated carbocycles. The van der Waals surface area contributed by atoms with Crippen molar-refractivity contribution in [1.82, 2.24) is 4.90 Å². The number of carbonyl (C=O) groups excluding carboxylic acids is 1. The monoisotopic (exact) mass is 408 g/mol. The van der Waals surface area contributed by atoms with Crippen LogP contribution in [0.25, 0.3) is 0 Å². The van der Waals surface area contributed by atoms with Gasteiger partial charge < -0.3 is 33.2 Å². The summed E-state index contributed by atoms with van der Waals surface area (Å²) >= 11 is 0. The Morgan fingerprint density at radius 3 is 2.75 bits per heavy atom. The number of rotatable bonds is 6. The number of nitrogens with zero attached hydrogens (tertiary/aromatic N) is 2. The molecule has 0 bridgehead atoms. The van der Waals surface area contributed by atoms with Crippen LogP contribution in [-0.4, -0.2) is 42.3 Å². The van der Waals surface area contributed by atoms with Crippen molar-refractivity contribution in [2.24, 2.45) is 0 Å². The highest BCUT2D eigenvalue weighted by Crippen LogP contribution is 2.45. The first-order valence-electron chi connectivity index (χ1n) is 8.93. The molecule has 9 nitrogen and oxygen atoms in total. The fourth-order valence-corrected chi connectivity index (χ4v) is 4.04. The van der Waals surface area contributed by atoms with Crippen LogP contribution in [-0.2, 0) is 18.6 Å². The van der Waals surface area contributed by atoms with Crippen molar-refractivity contribution in [3.8, 4) is 11.8 Å². The predicted molar refractivity (Wildman–Crippen MR) is 92.9 cm³/mol. The highest BCUT2D eigenvalue weighted by atomic mass is 31.2. The lowest BCUT2D eigenvalue weighted by Gasteiger charge is -2.47. The normalized spacial score (nSPS) is 23.8. The molecule has 2 heterocycles. The van der Waals surface area contributed by atoms with E-state index in [2.05, 4.69) is 10.6 Å². The molecule has 1 amide bonds. The van der Waals surface area contributed by atoms with Crippen LogP contribution in [0.3, 0.4) is 0 Å². The molecule has 152 valence electrons. The van der Waals surface area contributed by atoms with Crippen LogP contribution < -0.4 is 14.5 Å². The minimum atomic E-state index is -5.09. The number of benzene rings is 1. The lowest BCUT2D eigenvalue weighted by molar-refractivity contribution is -0.342. The third kappa shape index (κ3) is 4.37. The van der Waals surface area contributed by atoms with E-state index >= 15 is 0 Å². The first kappa shape index (κ1) is 20.8. The number of phosphoric ester groups is 1. The first-order valence-corrected chi connectivity index (χ1v) is 10.4. The van der Waals surface area contributed by atoms with Crippen molar-refractivity contribution in [2.75, 3.05) is 19.8 Å². The van der Waals surface area contributed by atoms with Gasteiger partial charge in [0.05, 0.1) is 38.7 Å². The van der Waals surface area contributed by atoms with E-state index in [1.807, 2.05) is 0 Å². The topological polar surface area (TPSA) is 135 Å². The summed E-state index contributed by atoms with van der Waals surface area (Å²) in [5.41, 5.74) is 0.241. The largest absolute Gasteiger partial charge is 0.790 e. The number of fused-ring (bicyclic) bond motifs is 1. The average Bonchev–Trinajstić information content (AvgIpc) is 3.02. The fourth-order valence-electron chi connectivity index (χ4n) is 3.74. The molecule has 1 fully saturated rings.